The maximum atomic E-state index is 10.7. The lowest BCUT2D eigenvalue weighted by atomic mass is 10.2. The van der Waals surface area contributed by atoms with E-state index in [9.17, 15) is 10.1 Å². The Hall–Kier alpha value is -1.82. The zero-order valence-corrected chi connectivity index (χ0v) is 9.93. The smallest absolute Gasteiger partial charge is 0.273 e. The Morgan fingerprint density at radius 3 is 2.41 bits per heavy atom. The third-order valence-corrected chi connectivity index (χ3v) is 2.11. The van der Waals surface area contributed by atoms with Crippen LogP contribution in [0.2, 0.25) is 0 Å². The van der Waals surface area contributed by atoms with E-state index in [-0.39, 0.29) is 5.69 Å². The van der Waals surface area contributed by atoms with E-state index in [4.69, 9.17) is 5.11 Å². The molecule has 0 aliphatic carbocycles. The van der Waals surface area contributed by atoms with Crippen molar-refractivity contribution in [2.75, 3.05) is 23.7 Å². The van der Waals surface area contributed by atoms with Gasteiger partial charge in [-0.05, 0) is 19.9 Å². The molecule has 3 N–H and O–H groups in total. The van der Waals surface area contributed by atoms with Gasteiger partial charge in [0.15, 0.2) is 0 Å². The lowest BCUT2D eigenvalue weighted by molar-refractivity contribution is -0.384. The minimum absolute atomic E-state index is 0.0246. The van der Waals surface area contributed by atoms with Gasteiger partial charge >= 0.3 is 0 Å². The van der Waals surface area contributed by atoms with Crippen molar-refractivity contribution < 1.29 is 10.0 Å². The van der Waals surface area contributed by atoms with E-state index >= 15 is 0 Å². The van der Waals surface area contributed by atoms with Crippen LogP contribution in [0.5, 0.6) is 0 Å². The quantitative estimate of drug-likeness (QED) is 0.520. The normalized spacial score (nSPS) is 11.9. The summed E-state index contributed by atoms with van der Waals surface area (Å²) >= 11 is 0. The van der Waals surface area contributed by atoms with E-state index in [0.29, 0.717) is 24.5 Å². The lowest BCUT2D eigenvalue weighted by Crippen LogP contribution is -2.15. The summed E-state index contributed by atoms with van der Waals surface area (Å²) in [4.78, 5) is 10.3. The van der Waals surface area contributed by atoms with Gasteiger partial charge in [-0.15, -0.1) is 0 Å². The molecule has 17 heavy (non-hydrogen) atoms. The van der Waals surface area contributed by atoms with Gasteiger partial charge in [-0.25, -0.2) is 0 Å². The summed E-state index contributed by atoms with van der Waals surface area (Å²) in [5.41, 5.74) is 1.34. The van der Waals surface area contributed by atoms with Crippen LogP contribution in [0.25, 0.3) is 0 Å². The average molecular weight is 239 g/mol. The van der Waals surface area contributed by atoms with E-state index in [1.165, 1.54) is 12.1 Å². The first-order valence-electron chi connectivity index (χ1n) is 5.48. The number of hydrogen-bond donors (Lipinski definition) is 3. The first kappa shape index (κ1) is 13.2. The van der Waals surface area contributed by atoms with Crippen LogP contribution in [0.15, 0.2) is 18.2 Å². The van der Waals surface area contributed by atoms with Crippen molar-refractivity contribution in [3.05, 3.63) is 28.3 Å². The molecule has 6 nitrogen and oxygen atoms in total. The highest BCUT2D eigenvalue weighted by molar-refractivity contribution is 5.63. The lowest BCUT2D eigenvalue weighted by Gasteiger charge is -2.10. The second-order valence-electron chi connectivity index (χ2n) is 3.79. The Balaban J connectivity index is 2.91. The summed E-state index contributed by atoms with van der Waals surface area (Å²) in [7, 11) is 0. The van der Waals surface area contributed by atoms with Crippen LogP contribution in [0, 0.1) is 10.1 Å². The van der Waals surface area contributed by atoms with Crippen molar-refractivity contribution in [1.29, 1.82) is 0 Å². The average Bonchev–Trinajstić information content (AvgIpc) is 2.26. The van der Waals surface area contributed by atoms with Gasteiger partial charge in [-0.2, -0.15) is 0 Å². The van der Waals surface area contributed by atoms with Crippen LogP contribution < -0.4 is 10.6 Å². The molecule has 1 atom stereocenters. The number of non-ortho nitro benzene ring substituents is 1. The molecule has 0 fully saturated rings. The number of hydrogen-bond acceptors (Lipinski definition) is 5. The molecule has 0 aromatic heterocycles. The predicted octanol–water partition coefficient (Wildman–Crippen LogP) is 1.82. The Kier molecular flexibility index (Phi) is 4.71. The minimum Gasteiger partial charge on any atom is -0.392 e. The molecule has 0 bridgehead atoms. The largest absolute Gasteiger partial charge is 0.392 e. The van der Waals surface area contributed by atoms with E-state index in [1.54, 1.807) is 13.0 Å². The van der Waals surface area contributed by atoms with Gasteiger partial charge in [-0.1, -0.05) is 0 Å². The van der Waals surface area contributed by atoms with Gasteiger partial charge in [0.05, 0.1) is 11.0 Å². The van der Waals surface area contributed by atoms with Gasteiger partial charge < -0.3 is 15.7 Å². The van der Waals surface area contributed by atoms with Crippen LogP contribution in [0.4, 0.5) is 17.1 Å². The highest BCUT2D eigenvalue weighted by atomic mass is 16.6. The number of nitro groups is 1. The summed E-state index contributed by atoms with van der Waals surface area (Å²) in [6, 6.07) is 4.71. The zero-order chi connectivity index (χ0) is 12.8. The van der Waals surface area contributed by atoms with Crippen molar-refractivity contribution in [2.45, 2.75) is 20.0 Å². The highest BCUT2D eigenvalue weighted by Gasteiger charge is 2.09. The Morgan fingerprint density at radius 1 is 1.35 bits per heavy atom. The maximum Gasteiger partial charge on any atom is 0.273 e. The van der Waals surface area contributed by atoms with E-state index in [0.717, 1.165) is 0 Å². The van der Waals surface area contributed by atoms with Gasteiger partial charge in [0, 0.05) is 36.6 Å². The Bertz CT molecular complexity index is 394. The van der Waals surface area contributed by atoms with Gasteiger partial charge in [0.1, 0.15) is 0 Å². The van der Waals surface area contributed by atoms with Crippen molar-refractivity contribution >= 4 is 17.1 Å². The molecule has 0 amide bonds. The summed E-state index contributed by atoms with van der Waals surface area (Å²) < 4.78 is 0. The summed E-state index contributed by atoms with van der Waals surface area (Å²) in [5, 5.41) is 25.9. The second kappa shape index (κ2) is 6.05. The van der Waals surface area contributed by atoms with Crippen LogP contribution in [0.1, 0.15) is 13.8 Å². The molecule has 1 unspecified atom stereocenters. The first-order valence-corrected chi connectivity index (χ1v) is 5.48. The third-order valence-electron chi connectivity index (χ3n) is 2.11. The fraction of sp³-hybridized carbons (Fsp3) is 0.455. The molecule has 1 aromatic rings. The van der Waals surface area contributed by atoms with E-state index in [2.05, 4.69) is 10.6 Å². The standard InChI is InChI=1S/C11H17N3O3/c1-3-12-9-4-10(13-7-8(2)15)6-11(5-9)14(16)17/h4-6,8,12-13,15H,3,7H2,1-2H3. The molecule has 94 valence electrons. The Morgan fingerprint density at radius 2 is 1.94 bits per heavy atom. The molecular weight excluding hydrogens is 222 g/mol. The SMILES string of the molecule is CCNc1cc(NCC(C)O)cc([N+](=O)[O-])c1. The summed E-state index contributed by atoms with van der Waals surface area (Å²) in [6.45, 7) is 4.61. The maximum absolute atomic E-state index is 10.7. The van der Waals surface area contributed by atoms with Crippen molar-refractivity contribution in [1.82, 2.24) is 0 Å². The number of nitro benzene ring substituents is 1. The number of nitrogens with one attached hydrogen (secondary N) is 2. The number of aliphatic hydroxyl groups is 1. The molecule has 0 radical (unpaired) electrons. The first-order chi connectivity index (χ1) is 8.02. The monoisotopic (exact) mass is 239 g/mol. The zero-order valence-electron chi connectivity index (χ0n) is 9.93. The van der Waals surface area contributed by atoms with Crippen LogP contribution in [0.3, 0.4) is 0 Å². The molecule has 0 heterocycles. The summed E-state index contributed by atoms with van der Waals surface area (Å²) in [5.74, 6) is 0. The molecule has 1 aromatic carbocycles. The topological polar surface area (TPSA) is 87.4 Å². The molecular formula is C11H17N3O3. The molecule has 0 saturated heterocycles. The number of rotatable bonds is 6. The van der Waals surface area contributed by atoms with Crippen LogP contribution >= 0.6 is 0 Å². The minimum atomic E-state index is -0.503. The van der Waals surface area contributed by atoms with Crippen LogP contribution in [-0.4, -0.2) is 29.2 Å². The van der Waals surface area contributed by atoms with Gasteiger partial charge in [0.25, 0.3) is 5.69 Å². The number of anilines is 2. The third kappa shape index (κ3) is 4.28. The number of aliphatic hydroxyl groups excluding tert-OH is 1. The van der Waals surface area contributed by atoms with Crippen molar-refractivity contribution in [3.63, 3.8) is 0 Å². The second-order valence-corrected chi connectivity index (χ2v) is 3.79. The number of nitrogens with zero attached hydrogens (tertiary/aromatic N) is 1. The van der Waals surface area contributed by atoms with Gasteiger partial charge in [-0.3, -0.25) is 10.1 Å². The Labute approximate surface area is 99.8 Å². The van der Waals surface area contributed by atoms with Gasteiger partial charge in [0.2, 0.25) is 0 Å². The molecule has 0 spiro atoms. The highest BCUT2D eigenvalue weighted by Crippen LogP contribution is 2.24. The van der Waals surface area contributed by atoms with Crippen LogP contribution in [-0.2, 0) is 0 Å². The molecule has 1 rings (SSSR count). The molecule has 0 aliphatic rings. The fourth-order valence-corrected chi connectivity index (χ4v) is 1.39. The molecule has 6 heteroatoms. The van der Waals surface area contributed by atoms with Crippen molar-refractivity contribution in [2.24, 2.45) is 0 Å². The molecule has 0 aliphatic heterocycles. The van der Waals surface area contributed by atoms with E-state index < -0.39 is 11.0 Å². The predicted molar refractivity (Wildman–Crippen MR) is 67.4 cm³/mol. The fourth-order valence-electron chi connectivity index (χ4n) is 1.39. The number of benzene rings is 1. The van der Waals surface area contributed by atoms with E-state index in [1.807, 2.05) is 6.92 Å². The molecule has 0 saturated carbocycles. The van der Waals surface area contributed by atoms with Crippen molar-refractivity contribution in [3.8, 4) is 0 Å². The summed E-state index contributed by atoms with van der Waals surface area (Å²) in [6.07, 6.45) is -0.503.